The van der Waals surface area contributed by atoms with Gasteiger partial charge in [0.1, 0.15) is 18.2 Å². The van der Waals surface area contributed by atoms with Gasteiger partial charge in [0, 0.05) is 11.1 Å². The second-order valence-electron chi connectivity index (χ2n) is 6.22. The summed E-state index contributed by atoms with van der Waals surface area (Å²) in [7, 11) is 0. The summed E-state index contributed by atoms with van der Waals surface area (Å²) in [6.07, 6.45) is -4.53. The molecule has 2 heterocycles. The van der Waals surface area contributed by atoms with Crippen molar-refractivity contribution in [3.05, 3.63) is 71.8 Å². The Morgan fingerprint density at radius 2 is 1.54 bits per heavy atom. The number of nitrogen functional groups attached to an aromatic ring is 1. The number of alkyl halides is 3. The van der Waals surface area contributed by atoms with Gasteiger partial charge >= 0.3 is 11.8 Å². The highest BCUT2D eigenvalue weighted by atomic mass is 19.4. The summed E-state index contributed by atoms with van der Waals surface area (Å²) >= 11 is 0. The lowest BCUT2D eigenvalue weighted by Crippen LogP contribution is -2.30. The molecule has 1 aromatic heterocycles. The fraction of sp³-hybridized carbons (Fsp3) is 0.158. The first-order valence-corrected chi connectivity index (χ1v) is 8.30. The number of anilines is 1. The topological polar surface area (TPSA) is 85.8 Å². The fourth-order valence-electron chi connectivity index (χ4n) is 2.66. The Kier molecular flexibility index (Phi) is 4.21. The molecule has 0 spiro atoms. The summed E-state index contributed by atoms with van der Waals surface area (Å²) < 4.78 is 44.7. The molecule has 6 nitrogen and oxygen atoms in total. The van der Waals surface area contributed by atoms with Crippen LogP contribution in [0.25, 0.3) is 11.3 Å². The van der Waals surface area contributed by atoms with E-state index in [2.05, 4.69) is 20.4 Å². The van der Waals surface area contributed by atoms with Gasteiger partial charge in [-0.15, -0.1) is 20.4 Å². The minimum Gasteiger partial charge on any atom is -0.489 e. The molecule has 0 amide bonds. The lowest BCUT2D eigenvalue weighted by molar-refractivity contribution is -0.166. The Morgan fingerprint density at radius 1 is 0.857 bits per heavy atom. The smallest absolute Gasteiger partial charge is 0.442 e. The maximum atomic E-state index is 13.0. The molecule has 2 N–H and O–H groups in total. The van der Waals surface area contributed by atoms with Crippen molar-refractivity contribution in [1.29, 1.82) is 0 Å². The van der Waals surface area contributed by atoms with Crippen molar-refractivity contribution in [2.75, 3.05) is 5.73 Å². The Hall–Kier alpha value is -3.49. The zero-order valence-electron chi connectivity index (χ0n) is 14.4. The van der Waals surface area contributed by atoms with E-state index < -0.39 is 11.8 Å². The average Bonchev–Trinajstić information content (AvgIpc) is 3.50. The summed E-state index contributed by atoms with van der Waals surface area (Å²) in [4.78, 5) is 0. The number of hydrogen-bond acceptors (Lipinski definition) is 6. The van der Waals surface area contributed by atoms with Crippen LogP contribution in [-0.4, -0.2) is 16.4 Å². The monoisotopic (exact) mass is 385 g/mol. The highest BCUT2D eigenvalue weighted by Gasteiger charge is 2.65. The van der Waals surface area contributed by atoms with Crippen LogP contribution in [0.2, 0.25) is 0 Å². The number of halogens is 3. The summed E-state index contributed by atoms with van der Waals surface area (Å²) in [6, 6.07) is 16.6. The van der Waals surface area contributed by atoms with E-state index in [0.717, 1.165) is 11.1 Å². The molecule has 0 fully saturated rings. The SMILES string of the molecule is Nc1ccc(-c2ccc(OCc3ccc(C4(C(F)(F)F)N=N4)cc3)cc2)nn1. The van der Waals surface area contributed by atoms with E-state index in [0.29, 0.717) is 17.3 Å². The number of nitrogens with zero attached hydrogens (tertiary/aromatic N) is 4. The van der Waals surface area contributed by atoms with Gasteiger partial charge in [-0.2, -0.15) is 13.2 Å². The predicted molar refractivity (Wildman–Crippen MR) is 95.2 cm³/mol. The molecule has 0 saturated carbocycles. The molecule has 0 aliphatic carbocycles. The van der Waals surface area contributed by atoms with Crippen LogP contribution in [-0.2, 0) is 12.3 Å². The number of rotatable bonds is 5. The van der Waals surface area contributed by atoms with Gasteiger partial charge in [-0.25, -0.2) is 0 Å². The Bertz CT molecular complexity index is 994. The highest BCUT2D eigenvalue weighted by molar-refractivity contribution is 5.60. The number of aromatic nitrogens is 2. The van der Waals surface area contributed by atoms with Crippen LogP contribution >= 0.6 is 0 Å². The zero-order chi connectivity index (χ0) is 19.8. The molecule has 4 rings (SSSR count). The zero-order valence-corrected chi connectivity index (χ0v) is 14.4. The molecule has 142 valence electrons. The van der Waals surface area contributed by atoms with E-state index >= 15 is 0 Å². The molecular formula is C19H14F3N5O. The predicted octanol–water partition coefficient (Wildman–Crippen LogP) is 4.49. The lowest BCUT2D eigenvalue weighted by atomic mass is 10.0. The van der Waals surface area contributed by atoms with Crippen LogP contribution in [0.5, 0.6) is 5.75 Å². The molecule has 28 heavy (non-hydrogen) atoms. The third-order valence-corrected chi connectivity index (χ3v) is 4.29. The van der Waals surface area contributed by atoms with Gasteiger partial charge in [-0.3, -0.25) is 0 Å². The summed E-state index contributed by atoms with van der Waals surface area (Å²) in [5.41, 5.74) is 5.40. The second-order valence-corrected chi connectivity index (χ2v) is 6.22. The number of benzene rings is 2. The minimum atomic E-state index is -4.53. The molecule has 1 aliphatic heterocycles. The summed E-state index contributed by atoms with van der Waals surface area (Å²) in [6.45, 7) is 0.217. The molecular weight excluding hydrogens is 371 g/mol. The van der Waals surface area contributed by atoms with Crippen molar-refractivity contribution in [3.63, 3.8) is 0 Å². The quantitative estimate of drug-likeness (QED) is 0.701. The van der Waals surface area contributed by atoms with Gasteiger partial charge in [-0.1, -0.05) is 24.3 Å². The van der Waals surface area contributed by atoms with Crippen LogP contribution in [0.3, 0.4) is 0 Å². The van der Waals surface area contributed by atoms with Crippen molar-refractivity contribution in [2.24, 2.45) is 10.2 Å². The van der Waals surface area contributed by atoms with Gasteiger partial charge in [-0.05, 0) is 42.0 Å². The third-order valence-electron chi connectivity index (χ3n) is 4.29. The number of ether oxygens (including phenoxy) is 1. The van der Waals surface area contributed by atoms with Gasteiger partial charge in [0.2, 0.25) is 0 Å². The fourth-order valence-corrected chi connectivity index (χ4v) is 2.66. The molecule has 3 aromatic rings. The van der Waals surface area contributed by atoms with E-state index in [4.69, 9.17) is 10.5 Å². The largest absolute Gasteiger partial charge is 0.489 e. The summed E-state index contributed by atoms with van der Waals surface area (Å²) in [5, 5.41) is 14.2. The maximum absolute atomic E-state index is 13.0. The normalized spacial score (nSPS) is 14.7. The van der Waals surface area contributed by atoms with Gasteiger partial charge in [0.05, 0.1) is 5.69 Å². The Labute approximate surface area is 157 Å². The first-order chi connectivity index (χ1) is 13.4. The van der Waals surface area contributed by atoms with Gasteiger partial charge < -0.3 is 10.5 Å². The second kappa shape index (κ2) is 6.59. The van der Waals surface area contributed by atoms with Crippen LogP contribution in [0.4, 0.5) is 19.0 Å². The molecule has 0 bridgehead atoms. The standard InChI is InChI=1S/C19H14F3N5O/c20-19(21,22)18(26-27-18)14-5-1-12(2-6-14)11-28-15-7-3-13(4-8-15)16-9-10-17(23)25-24-16/h1-10H,11H2,(H2,23,25). The maximum Gasteiger partial charge on any atom is 0.442 e. The molecule has 0 atom stereocenters. The van der Waals surface area contributed by atoms with Gasteiger partial charge in [0.25, 0.3) is 0 Å². The highest BCUT2D eigenvalue weighted by Crippen LogP contribution is 2.52. The van der Waals surface area contributed by atoms with Crippen molar-refractivity contribution in [1.82, 2.24) is 10.2 Å². The van der Waals surface area contributed by atoms with Crippen LogP contribution < -0.4 is 10.5 Å². The number of hydrogen-bond donors (Lipinski definition) is 1. The van der Waals surface area contributed by atoms with Crippen molar-refractivity contribution in [2.45, 2.75) is 18.4 Å². The molecule has 0 saturated heterocycles. The van der Waals surface area contributed by atoms with E-state index in [1.54, 1.807) is 36.4 Å². The Morgan fingerprint density at radius 3 is 2.07 bits per heavy atom. The van der Waals surface area contributed by atoms with E-state index in [1.807, 2.05) is 12.1 Å². The first kappa shape index (κ1) is 17.9. The molecule has 2 aromatic carbocycles. The van der Waals surface area contributed by atoms with Gasteiger partial charge in [0.15, 0.2) is 0 Å². The van der Waals surface area contributed by atoms with Crippen LogP contribution in [0.15, 0.2) is 70.9 Å². The first-order valence-electron chi connectivity index (χ1n) is 8.30. The van der Waals surface area contributed by atoms with Crippen molar-refractivity contribution in [3.8, 4) is 17.0 Å². The van der Waals surface area contributed by atoms with Crippen molar-refractivity contribution < 1.29 is 17.9 Å². The minimum absolute atomic E-state index is 0.00212. The van der Waals surface area contributed by atoms with Crippen LogP contribution in [0.1, 0.15) is 11.1 Å². The average molecular weight is 385 g/mol. The molecule has 0 unspecified atom stereocenters. The third kappa shape index (κ3) is 3.38. The van der Waals surface area contributed by atoms with Crippen LogP contribution in [0, 0.1) is 0 Å². The molecule has 9 heteroatoms. The lowest BCUT2D eigenvalue weighted by Gasteiger charge is -2.15. The number of nitrogens with two attached hydrogens (primary N) is 1. The molecule has 1 aliphatic rings. The van der Waals surface area contributed by atoms with E-state index in [1.165, 1.54) is 12.1 Å². The Balaban J connectivity index is 1.39. The van der Waals surface area contributed by atoms with Crippen molar-refractivity contribution >= 4 is 5.82 Å². The molecule has 0 radical (unpaired) electrons. The van der Waals surface area contributed by atoms with E-state index in [-0.39, 0.29) is 12.2 Å². The van der Waals surface area contributed by atoms with E-state index in [9.17, 15) is 13.2 Å². The summed E-state index contributed by atoms with van der Waals surface area (Å²) in [5.74, 6) is 0.968.